The highest BCUT2D eigenvalue weighted by Gasteiger charge is 2.45. The fourth-order valence-corrected chi connectivity index (χ4v) is 3.67. The molecule has 0 radical (unpaired) electrons. The van der Waals surface area contributed by atoms with Gasteiger partial charge in [-0.25, -0.2) is 9.37 Å². The molecular weight excluding hydrogens is 406 g/mol. The van der Waals surface area contributed by atoms with Crippen LogP contribution in [0.2, 0.25) is 10.0 Å². The topological polar surface area (TPSA) is 45.5 Å². The first-order valence-corrected chi connectivity index (χ1v) is 9.42. The Morgan fingerprint density at radius 3 is 2.86 bits per heavy atom. The van der Waals surface area contributed by atoms with Crippen LogP contribution in [0.1, 0.15) is 5.56 Å². The number of nitrogens with zero attached hydrogens (tertiary/aromatic N) is 2. The number of aromatic nitrogens is 2. The highest BCUT2D eigenvalue weighted by Crippen LogP contribution is 2.40. The summed E-state index contributed by atoms with van der Waals surface area (Å²) in [7, 11) is 0. The van der Waals surface area contributed by atoms with E-state index in [0.29, 0.717) is 22.2 Å². The van der Waals surface area contributed by atoms with Gasteiger partial charge in [0, 0.05) is 23.0 Å². The van der Waals surface area contributed by atoms with Crippen LogP contribution in [-0.2, 0) is 21.8 Å². The molecule has 1 aliphatic heterocycles. The van der Waals surface area contributed by atoms with Crippen LogP contribution in [0, 0.1) is 5.82 Å². The first-order chi connectivity index (χ1) is 13.6. The molecule has 0 spiro atoms. The molecule has 5 nitrogen and oxygen atoms in total. The quantitative estimate of drug-likeness (QED) is 0.578. The monoisotopic (exact) mass is 422 g/mol. The number of halogens is 3. The Kier molecular flexibility index (Phi) is 5.55. The Morgan fingerprint density at radius 1 is 1.25 bits per heavy atom. The lowest BCUT2D eigenvalue weighted by Gasteiger charge is -2.30. The van der Waals surface area contributed by atoms with Crippen LogP contribution in [0.3, 0.4) is 0 Å². The second-order valence-electron chi connectivity index (χ2n) is 6.40. The molecule has 3 aromatic rings. The molecule has 2 heterocycles. The van der Waals surface area contributed by atoms with Gasteiger partial charge in [-0.05, 0) is 24.3 Å². The van der Waals surface area contributed by atoms with Gasteiger partial charge in [-0.15, -0.1) is 0 Å². The number of para-hydroxylation sites is 1. The summed E-state index contributed by atoms with van der Waals surface area (Å²) in [6.45, 7) is 0.741. The van der Waals surface area contributed by atoms with E-state index in [1.807, 2.05) is 10.8 Å². The number of hydrogen-bond donors (Lipinski definition) is 0. The van der Waals surface area contributed by atoms with Crippen molar-refractivity contribution in [1.82, 2.24) is 9.55 Å². The minimum absolute atomic E-state index is 0.137. The Bertz CT molecular complexity index is 954. The summed E-state index contributed by atoms with van der Waals surface area (Å²) in [6.07, 6.45) is 4.74. The maximum atomic E-state index is 13.8. The van der Waals surface area contributed by atoms with E-state index >= 15 is 0 Å². The van der Waals surface area contributed by atoms with Crippen molar-refractivity contribution in [2.24, 2.45) is 0 Å². The lowest BCUT2D eigenvalue weighted by Crippen LogP contribution is -2.34. The summed E-state index contributed by atoms with van der Waals surface area (Å²) in [5.74, 6) is -1.39. The molecule has 2 unspecified atom stereocenters. The first kappa shape index (κ1) is 19.2. The Balaban J connectivity index is 1.56. The predicted octanol–water partition coefficient (Wildman–Crippen LogP) is 4.68. The third-order valence-electron chi connectivity index (χ3n) is 4.41. The molecule has 0 saturated carbocycles. The number of imidazole rings is 1. The van der Waals surface area contributed by atoms with Gasteiger partial charge in [0.25, 0.3) is 0 Å². The van der Waals surface area contributed by atoms with Crippen molar-refractivity contribution >= 4 is 23.2 Å². The molecule has 28 heavy (non-hydrogen) atoms. The van der Waals surface area contributed by atoms with Crippen LogP contribution < -0.4 is 4.74 Å². The van der Waals surface area contributed by atoms with Crippen molar-refractivity contribution < 1.29 is 18.6 Å². The maximum Gasteiger partial charge on any atom is 0.215 e. The molecule has 8 heteroatoms. The summed E-state index contributed by atoms with van der Waals surface area (Å²) >= 11 is 12.5. The van der Waals surface area contributed by atoms with E-state index in [1.54, 1.807) is 48.9 Å². The Morgan fingerprint density at radius 2 is 2.11 bits per heavy atom. The largest absolute Gasteiger partial charge is 0.488 e. The Hall–Kier alpha value is -2.12. The van der Waals surface area contributed by atoms with E-state index in [9.17, 15) is 4.39 Å². The molecule has 0 N–H and O–H groups in total. The zero-order valence-corrected chi connectivity index (χ0v) is 16.2. The fraction of sp³-hybridized carbons (Fsp3) is 0.250. The van der Waals surface area contributed by atoms with Gasteiger partial charge in [0.15, 0.2) is 11.6 Å². The van der Waals surface area contributed by atoms with Crippen LogP contribution in [0.15, 0.2) is 61.2 Å². The molecule has 0 amide bonds. The summed E-state index contributed by atoms with van der Waals surface area (Å²) in [5.41, 5.74) is 0.653. The van der Waals surface area contributed by atoms with E-state index in [1.165, 1.54) is 6.07 Å². The van der Waals surface area contributed by atoms with E-state index in [-0.39, 0.29) is 19.0 Å². The number of benzene rings is 2. The second kappa shape index (κ2) is 8.09. The van der Waals surface area contributed by atoms with Crippen molar-refractivity contribution in [3.05, 3.63) is 82.6 Å². The highest BCUT2D eigenvalue weighted by atomic mass is 35.5. The predicted molar refractivity (Wildman–Crippen MR) is 103 cm³/mol. The SMILES string of the molecule is Fc1ccccc1OCC1COC(Cn2ccnc2)(c2ccc(Cl)cc2Cl)O1. The van der Waals surface area contributed by atoms with Crippen LogP contribution in [0.5, 0.6) is 5.75 Å². The zero-order chi connectivity index (χ0) is 19.6. The van der Waals surface area contributed by atoms with Crippen molar-refractivity contribution in [1.29, 1.82) is 0 Å². The van der Waals surface area contributed by atoms with Crippen molar-refractivity contribution in [2.45, 2.75) is 18.4 Å². The molecule has 146 valence electrons. The van der Waals surface area contributed by atoms with Gasteiger partial charge < -0.3 is 18.8 Å². The number of ether oxygens (including phenoxy) is 3. The minimum Gasteiger partial charge on any atom is -0.488 e. The van der Waals surface area contributed by atoms with Crippen LogP contribution in [-0.4, -0.2) is 28.9 Å². The molecule has 2 aromatic carbocycles. The Labute approximate surface area is 171 Å². The van der Waals surface area contributed by atoms with Gasteiger partial charge in [-0.2, -0.15) is 0 Å². The maximum absolute atomic E-state index is 13.8. The standard InChI is InChI=1S/C20H17Cl2FN2O3/c21-14-5-6-16(17(22)9-14)20(12-25-8-7-24-13-25)27-11-15(28-20)10-26-19-4-2-1-3-18(19)23/h1-9,13,15H,10-12H2. The van der Waals surface area contributed by atoms with Crippen LogP contribution in [0.4, 0.5) is 4.39 Å². The molecular formula is C20H17Cl2FN2O3. The summed E-state index contributed by atoms with van der Waals surface area (Å²) < 4.78 is 33.5. The smallest absolute Gasteiger partial charge is 0.215 e. The van der Waals surface area contributed by atoms with E-state index in [2.05, 4.69) is 4.98 Å². The third kappa shape index (κ3) is 4.00. The average Bonchev–Trinajstić information content (AvgIpc) is 3.32. The number of rotatable bonds is 6. The van der Waals surface area contributed by atoms with E-state index in [4.69, 9.17) is 37.4 Å². The van der Waals surface area contributed by atoms with Crippen LogP contribution in [0.25, 0.3) is 0 Å². The normalized spacial score (nSPS) is 21.8. The summed E-state index contributed by atoms with van der Waals surface area (Å²) in [5, 5.41) is 0.951. The van der Waals surface area contributed by atoms with Crippen molar-refractivity contribution in [3.8, 4) is 5.75 Å². The zero-order valence-electron chi connectivity index (χ0n) is 14.7. The van der Waals surface area contributed by atoms with Gasteiger partial charge in [0.1, 0.15) is 12.7 Å². The molecule has 2 atom stereocenters. The van der Waals surface area contributed by atoms with Gasteiger partial charge in [-0.1, -0.05) is 41.4 Å². The number of hydrogen-bond acceptors (Lipinski definition) is 4. The molecule has 1 aromatic heterocycles. The molecule has 1 fully saturated rings. The lowest BCUT2D eigenvalue weighted by atomic mass is 10.1. The first-order valence-electron chi connectivity index (χ1n) is 8.66. The molecule has 4 rings (SSSR count). The van der Waals surface area contributed by atoms with E-state index in [0.717, 1.165) is 0 Å². The highest BCUT2D eigenvalue weighted by molar-refractivity contribution is 6.35. The minimum atomic E-state index is -1.13. The fourth-order valence-electron chi connectivity index (χ4n) is 3.12. The van der Waals surface area contributed by atoms with Crippen molar-refractivity contribution in [3.63, 3.8) is 0 Å². The molecule has 0 bridgehead atoms. The lowest BCUT2D eigenvalue weighted by molar-refractivity contribution is -0.189. The van der Waals surface area contributed by atoms with E-state index < -0.39 is 17.7 Å². The van der Waals surface area contributed by atoms with Gasteiger partial charge in [0.05, 0.1) is 24.5 Å². The average molecular weight is 423 g/mol. The van der Waals surface area contributed by atoms with Crippen LogP contribution >= 0.6 is 23.2 Å². The summed E-state index contributed by atoms with van der Waals surface area (Å²) in [6, 6.07) is 11.4. The summed E-state index contributed by atoms with van der Waals surface area (Å²) in [4.78, 5) is 4.06. The van der Waals surface area contributed by atoms with Gasteiger partial charge >= 0.3 is 0 Å². The molecule has 1 aliphatic rings. The van der Waals surface area contributed by atoms with Gasteiger partial charge in [0.2, 0.25) is 5.79 Å². The third-order valence-corrected chi connectivity index (χ3v) is 4.96. The second-order valence-corrected chi connectivity index (χ2v) is 7.25. The van der Waals surface area contributed by atoms with Crippen molar-refractivity contribution in [2.75, 3.05) is 13.2 Å². The molecule has 1 saturated heterocycles. The van der Waals surface area contributed by atoms with Gasteiger partial charge in [-0.3, -0.25) is 0 Å². The molecule has 0 aliphatic carbocycles.